The number of imidazole rings is 1. The number of rotatable bonds is 9. The summed E-state index contributed by atoms with van der Waals surface area (Å²) < 4.78 is 5.41. The first-order chi connectivity index (χ1) is 10.2. The van der Waals surface area contributed by atoms with Crippen molar-refractivity contribution in [2.75, 3.05) is 19.7 Å². The number of esters is 1. The third kappa shape index (κ3) is 8.82. The van der Waals surface area contributed by atoms with E-state index in [0.717, 1.165) is 25.1 Å². The summed E-state index contributed by atoms with van der Waals surface area (Å²) in [5.74, 6) is -0.129. The van der Waals surface area contributed by atoms with Crippen molar-refractivity contribution in [3.8, 4) is 0 Å². The Morgan fingerprint density at radius 2 is 2.00 bits per heavy atom. The number of H-pyrrole nitrogens is 1. The maximum Gasteiger partial charge on any atom is 0.307 e. The van der Waals surface area contributed by atoms with Gasteiger partial charge in [0.15, 0.2) is 0 Å². The van der Waals surface area contributed by atoms with Crippen LogP contribution in [0.4, 0.5) is 0 Å². The van der Waals surface area contributed by atoms with Crippen LogP contribution in [0.1, 0.15) is 53.2 Å². The van der Waals surface area contributed by atoms with Crippen LogP contribution in [0.5, 0.6) is 0 Å². The Bertz CT molecular complexity index is 433. The number of nitrogens with zero attached hydrogens (tertiary/aromatic N) is 1. The minimum absolute atomic E-state index is 0.0158. The summed E-state index contributed by atoms with van der Waals surface area (Å²) in [5.41, 5.74) is 1.35. The van der Waals surface area contributed by atoms with Crippen molar-refractivity contribution in [2.45, 2.75) is 53.9 Å². The summed E-state index contributed by atoms with van der Waals surface area (Å²) in [6.45, 7) is 12.9. The summed E-state index contributed by atoms with van der Waals surface area (Å²) in [6.07, 6.45) is 5.80. The number of carbonyl (C=O) groups is 1. The minimum Gasteiger partial charge on any atom is -0.465 e. The highest BCUT2D eigenvalue weighted by Crippen LogP contribution is 2.33. The van der Waals surface area contributed by atoms with Crippen molar-refractivity contribution >= 4 is 5.97 Å². The second kappa shape index (κ2) is 8.32. The second-order valence-electron chi connectivity index (χ2n) is 7.89. The quantitative estimate of drug-likeness (QED) is 0.543. The SMILES string of the molecule is CC(C)(C)CC(C)(C)COC(=O)CCNCCc1cnc[nH]1. The molecule has 1 aromatic heterocycles. The Morgan fingerprint density at radius 1 is 1.27 bits per heavy atom. The number of aromatic amines is 1. The molecule has 0 radical (unpaired) electrons. The van der Waals surface area contributed by atoms with Crippen molar-refractivity contribution in [3.63, 3.8) is 0 Å². The van der Waals surface area contributed by atoms with Gasteiger partial charge in [-0.25, -0.2) is 4.98 Å². The fourth-order valence-corrected chi connectivity index (χ4v) is 2.79. The molecule has 0 bridgehead atoms. The van der Waals surface area contributed by atoms with Crippen LogP contribution in [-0.4, -0.2) is 35.6 Å². The normalized spacial score (nSPS) is 12.4. The first-order valence-corrected chi connectivity index (χ1v) is 8.02. The monoisotopic (exact) mass is 309 g/mol. The molecule has 0 saturated carbocycles. The number of hydrogen-bond acceptors (Lipinski definition) is 4. The molecule has 2 N–H and O–H groups in total. The van der Waals surface area contributed by atoms with Crippen LogP contribution >= 0.6 is 0 Å². The van der Waals surface area contributed by atoms with E-state index in [2.05, 4.69) is 49.9 Å². The molecule has 0 amide bonds. The summed E-state index contributed by atoms with van der Waals surface area (Å²) in [7, 11) is 0. The van der Waals surface area contributed by atoms with E-state index in [-0.39, 0.29) is 16.8 Å². The third-order valence-corrected chi connectivity index (χ3v) is 3.26. The van der Waals surface area contributed by atoms with E-state index >= 15 is 0 Å². The maximum atomic E-state index is 11.8. The molecule has 0 atom stereocenters. The van der Waals surface area contributed by atoms with E-state index in [9.17, 15) is 4.79 Å². The lowest BCUT2D eigenvalue weighted by Crippen LogP contribution is -2.28. The van der Waals surface area contributed by atoms with Crippen LogP contribution < -0.4 is 5.32 Å². The molecule has 0 aliphatic carbocycles. The molecule has 126 valence electrons. The van der Waals surface area contributed by atoms with Gasteiger partial charge in [-0.05, 0) is 17.3 Å². The smallest absolute Gasteiger partial charge is 0.307 e. The van der Waals surface area contributed by atoms with Crippen LogP contribution in [0.2, 0.25) is 0 Å². The topological polar surface area (TPSA) is 67.0 Å². The minimum atomic E-state index is -0.129. The largest absolute Gasteiger partial charge is 0.465 e. The molecule has 0 saturated heterocycles. The average Bonchev–Trinajstić information content (AvgIpc) is 2.86. The fourth-order valence-electron chi connectivity index (χ4n) is 2.79. The van der Waals surface area contributed by atoms with Crippen LogP contribution in [0.25, 0.3) is 0 Å². The Hall–Kier alpha value is -1.36. The van der Waals surface area contributed by atoms with E-state index in [1.165, 1.54) is 0 Å². The zero-order valence-electron chi connectivity index (χ0n) is 14.7. The molecule has 1 rings (SSSR count). The highest BCUT2D eigenvalue weighted by Gasteiger charge is 2.26. The molecule has 5 heteroatoms. The molecule has 0 fully saturated rings. The van der Waals surface area contributed by atoms with E-state index in [0.29, 0.717) is 19.6 Å². The van der Waals surface area contributed by atoms with Gasteiger partial charge in [0.05, 0.1) is 19.4 Å². The lowest BCUT2D eigenvalue weighted by molar-refractivity contribution is -0.147. The molecule has 1 heterocycles. The van der Waals surface area contributed by atoms with Gasteiger partial charge in [0.1, 0.15) is 0 Å². The molecule has 0 aliphatic rings. The zero-order chi connectivity index (χ0) is 16.6. The van der Waals surface area contributed by atoms with Crippen molar-refractivity contribution in [1.29, 1.82) is 0 Å². The van der Waals surface area contributed by atoms with E-state index in [1.54, 1.807) is 6.33 Å². The third-order valence-electron chi connectivity index (χ3n) is 3.26. The van der Waals surface area contributed by atoms with Gasteiger partial charge in [-0.2, -0.15) is 0 Å². The van der Waals surface area contributed by atoms with E-state index < -0.39 is 0 Å². The standard InChI is InChI=1S/C17H31N3O2/c1-16(2,3)11-17(4,5)12-22-15(21)7-9-18-8-6-14-10-19-13-20-14/h10,13,18H,6-9,11-12H2,1-5H3,(H,19,20). The number of aromatic nitrogens is 2. The average molecular weight is 309 g/mol. The highest BCUT2D eigenvalue weighted by molar-refractivity contribution is 5.69. The number of carbonyl (C=O) groups excluding carboxylic acids is 1. The van der Waals surface area contributed by atoms with Crippen LogP contribution in [0, 0.1) is 10.8 Å². The van der Waals surface area contributed by atoms with Gasteiger partial charge in [-0.3, -0.25) is 4.79 Å². The molecule has 1 aromatic rings. The van der Waals surface area contributed by atoms with E-state index in [1.807, 2.05) is 6.20 Å². The summed E-state index contributed by atoms with van der Waals surface area (Å²) in [4.78, 5) is 18.8. The summed E-state index contributed by atoms with van der Waals surface area (Å²) in [6, 6.07) is 0. The molecular weight excluding hydrogens is 278 g/mol. The Kier molecular flexibility index (Phi) is 7.07. The van der Waals surface area contributed by atoms with Crippen molar-refractivity contribution in [1.82, 2.24) is 15.3 Å². The Balaban J connectivity index is 2.10. The van der Waals surface area contributed by atoms with Gasteiger partial charge in [0, 0.05) is 31.4 Å². The number of nitrogens with one attached hydrogen (secondary N) is 2. The maximum absolute atomic E-state index is 11.8. The van der Waals surface area contributed by atoms with Crippen molar-refractivity contribution in [3.05, 3.63) is 18.2 Å². The van der Waals surface area contributed by atoms with Crippen LogP contribution in [-0.2, 0) is 16.0 Å². The Labute approximate surface area is 134 Å². The van der Waals surface area contributed by atoms with Crippen molar-refractivity contribution in [2.24, 2.45) is 10.8 Å². The second-order valence-corrected chi connectivity index (χ2v) is 7.89. The van der Waals surface area contributed by atoms with Crippen LogP contribution in [0.15, 0.2) is 12.5 Å². The van der Waals surface area contributed by atoms with E-state index in [4.69, 9.17) is 4.74 Å². The summed E-state index contributed by atoms with van der Waals surface area (Å²) >= 11 is 0. The lowest BCUT2D eigenvalue weighted by atomic mass is 9.77. The molecule has 22 heavy (non-hydrogen) atoms. The van der Waals surface area contributed by atoms with Gasteiger partial charge in [-0.1, -0.05) is 34.6 Å². The van der Waals surface area contributed by atoms with Gasteiger partial charge in [0.25, 0.3) is 0 Å². The molecular formula is C17H31N3O2. The lowest BCUT2D eigenvalue weighted by Gasteiger charge is -2.31. The number of hydrogen-bond donors (Lipinski definition) is 2. The van der Waals surface area contributed by atoms with Gasteiger partial charge in [0.2, 0.25) is 0 Å². The van der Waals surface area contributed by atoms with Gasteiger partial charge >= 0.3 is 5.97 Å². The molecule has 0 aromatic carbocycles. The zero-order valence-corrected chi connectivity index (χ0v) is 14.7. The molecule has 0 unspecified atom stereocenters. The van der Waals surface area contributed by atoms with Crippen LogP contribution in [0.3, 0.4) is 0 Å². The van der Waals surface area contributed by atoms with Gasteiger partial charge < -0.3 is 15.0 Å². The van der Waals surface area contributed by atoms with Crippen molar-refractivity contribution < 1.29 is 9.53 Å². The fraction of sp³-hybridized carbons (Fsp3) is 0.765. The molecule has 0 aliphatic heterocycles. The molecule has 5 nitrogen and oxygen atoms in total. The predicted octanol–water partition coefficient (Wildman–Crippen LogP) is 2.94. The number of ether oxygens (including phenoxy) is 1. The predicted molar refractivity (Wildman–Crippen MR) is 88.6 cm³/mol. The first kappa shape index (κ1) is 18.7. The van der Waals surface area contributed by atoms with Gasteiger partial charge in [-0.15, -0.1) is 0 Å². The highest BCUT2D eigenvalue weighted by atomic mass is 16.5. The molecule has 0 spiro atoms. The summed E-state index contributed by atoms with van der Waals surface area (Å²) in [5, 5.41) is 3.24. The Morgan fingerprint density at radius 3 is 2.59 bits per heavy atom. The first-order valence-electron chi connectivity index (χ1n) is 8.02.